The number of carboxylic acids is 1. The Morgan fingerprint density at radius 1 is 1.27 bits per heavy atom. The number of carbonyl (C=O) groups is 2. The topological polar surface area (TPSA) is 87.5 Å². The lowest BCUT2D eigenvalue weighted by molar-refractivity contribution is -0.144. The number of rotatable bonds is 8. The van der Waals surface area contributed by atoms with Crippen molar-refractivity contribution < 1.29 is 14.7 Å². The molecule has 0 aliphatic rings. The van der Waals surface area contributed by atoms with Gasteiger partial charge in [0.05, 0.1) is 11.6 Å². The monoisotopic (exact) mass is 358 g/mol. The van der Waals surface area contributed by atoms with Crippen LogP contribution in [0.5, 0.6) is 0 Å². The van der Waals surface area contributed by atoms with Crippen LogP contribution in [-0.2, 0) is 23.2 Å². The van der Waals surface area contributed by atoms with Crippen molar-refractivity contribution in [3.63, 3.8) is 0 Å². The van der Waals surface area contributed by atoms with Gasteiger partial charge >= 0.3 is 5.97 Å². The molecule has 2 N–H and O–H groups in total. The highest BCUT2D eigenvalue weighted by atomic mass is 16.4. The molecule has 0 saturated carbocycles. The molecule has 2 aromatic rings. The SMILES string of the molecule is Cc1nn(C)c(C)c1CN(C)C[C@H](CC(=O)Nc1ccccc1)C(=O)O. The largest absolute Gasteiger partial charge is 0.481 e. The first-order valence-corrected chi connectivity index (χ1v) is 8.53. The lowest BCUT2D eigenvalue weighted by atomic mass is 10.0. The first kappa shape index (κ1) is 19.7. The molecule has 0 bridgehead atoms. The molecule has 1 amide bonds. The molecule has 1 atom stereocenters. The van der Waals surface area contributed by atoms with Gasteiger partial charge in [-0.15, -0.1) is 0 Å². The first-order valence-electron chi connectivity index (χ1n) is 8.53. The Morgan fingerprint density at radius 2 is 1.92 bits per heavy atom. The number of carboxylic acid groups (broad SMARTS) is 1. The summed E-state index contributed by atoms with van der Waals surface area (Å²) in [5.74, 6) is -2.05. The van der Waals surface area contributed by atoms with Gasteiger partial charge in [0, 0.05) is 43.5 Å². The van der Waals surface area contributed by atoms with Crippen LogP contribution in [0.15, 0.2) is 30.3 Å². The van der Waals surface area contributed by atoms with Crippen molar-refractivity contribution in [2.45, 2.75) is 26.8 Å². The van der Waals surface area contributed by atoms with Gasteiger partial charge in [0.25, 0.3) is 0 Å². The van der Waals surface area contributed by atoms with Gasteiger partial charge < -0.3 is 15.3 Å². The lowest BCUT2D eigenvalue weighted by Gasteiger charge is -2.21. The Balaban J connectivity index is 1.96. The molecule has 0 saturated heterocycles. The number of aliphatic carboxylic acids is 1. The number of nitrogens with one attached hydrogen (secondary N) is 1. The van der Waals surface area contributed by atoms with Crippen molar-refractivity contribution in [2.75, 3.05) is 18.9 Å². The molecule has 0 aliphatic carbocycles. The zero-order chi connectivity index (χ0) is 19.3. The number of para-hydroxylation sites is 1. The van der Waals surface area contributed by atoms with Crippen LogP contribution in [0.25, 0.3) is 0 Å². The molecule has 7 nitrogen and oxygen atoms in total. The number of nitrogens with zero attached hydrogens (tertiary/aromatic N) is 3. The maximum absolute atomic E-state index is 12.2. The Morgan fingerprint density at radius 3 is 2.46 bits per heavy atom. The smallest absolute Gasteiger partial charge is 0.308 e. The van der Waals surface area contributed by atoms with Crippen LogP contribution < -0.4 is 5.32 Å². The second-order valence-electron chi connectivity index (χ2n) is 6.62. The molecule has 0 fully saturated rings. The highest BCUT2D eigenvalue weighted by Gasteiger charge is 2.24. The van der Waals surface area contributed by atoms with Crippen molar-refractivity contribution in [3.05, 3.63) is 47.3 Å². The van der Waals surface area contributed by atoms with E-state index in [9.17, 15) is 14.7 Å². The highest BCUT2D eigenvalue weighted by molar-refractivity contribution is 5.93. The summed E-state index contributed by atoms with van der Waals surface area (Å²) in [6.45, 7) is 4.81. The summed E-state index contributed by atoms with van der Waals surface area (Å²) >= 11 is 0. The maximum Gasteiger partial charge on any atom is 0.308 e. The molecule has 0 unspecified atom stereocenters. The number of benzene rings is 1. The van der Waals surface area contributed by atoms with Gasteiger partial charge in [0.15, 0.2) is 0 Å². The fourth-order valence-electron chi connectivity index (χ4n) is 2.94. The summed E-state index contributed by atoms with van der Waals surface area (Å²) in [6, 6.07) is 9.03. The average molecular weight is 358 g/mol. The Labute approximate surface area is 153 Å². The van der Waals surface area contributed by atoms with Gasteiger partial charge in [0.2, 0.25) is 5.91 Å². The number of aromatic nitrogens is 2. The summed E-state index contributed by atoms with van der Waals surface area (Å²) in [5.41, 5.74) is 3.75. The molecule has 0 aliphatic heterocycles. The summed E-state index contributed by atoms with van der Waals surface area (Å²) in [5, 5.41) is 16.6. The van der Waals surface area contributed by atoms with E-state index in [-0.39, 0.29) is 18.9 Å². The van der Waals surface area contributed by atoms with Crippen LogP contribution >= 0.6 is 0 Å². The van der Waals surface area contributed by atoms with E-state index >= 15 is 0 Å². The molecular formula is C19H26N4O3. The maximum atomic E-state index is 12.2. The Kier molecular flexibility index (Phi) is 6.52. The van der Waals surface area contributed by atoms with E-state index in [4.69, 9.17) is 0 Å². The third-order valence-electron chi connectivity index (χ3n) is 4.46. The van der Waals surface area contributed by atoms with Gasteiger partial charge in [0.1, 0.15) is 0 Å². The van der Waals surface area contributed by atoms with Crippen LogP contribution in [0, 0.1) is 19.8 Å². The van der Waals surface area contributed by atoms with E-state index in [0.717, 1.165) is 17.0 Å². The normalized spacial score (nSPS) is 12.2. The van der Waals surface area contributed by atoms with Crippen molar-refractivity contribution in [1.82, 2.24) is 14.7 Å². The number of aryl methyl sites for hydroxylation is 2. The van der Waals surface area contributed by atoms with Gasteiger partial charge in [-0.1, -0.05) is 18.2 Å². The zero-order valence-corrected chi connectivity index (χ0v) is 15.7. The molecule has 7 heteroatoms. The van der Waals surface area contributed by atoms with E-state index in [0.29, 0.717) is 12.2 Å². The lowest BCUT2D eigenvalue weighted by Crippen LogP contribution is -2.33. The average Bonchev–Trinajstić information content (AvgIpc) is 2.81. The fraction of sp³-hybridized carbons (Fsp3) is 0.421. The minimum Gasteiger partial charge on any atom is -0.481 e. The number of amides is 1. The second-order valence-corrected chi connectivity index (χ2v) is 6.62. The molecule has 0 spiro atoms. The standard InChI is InChI=1S/C19H26N4O3/c1-13-17(14(2)23(4)21-13)12-22(3)11-15(19(25)26)10-18(24)20-16-8-6-5-7-9-16/h5-9,15H,10-12H2,1-4H3,(H,20,24)(H,25,26)/t15-/m0/s1. The third kappa shape index (κ3) is 5.16. The zero-order valence-electron chi connectivity index (χ0n) is 15.7. The van der Waals surface area contributed by atoms with Crippen molar-refractivity contribution in [2.24, 2.45) is 13.0 Å². The molecule has 1 heterocycles. The number of hydrogen-bond donors (Lipinski definition) is 2. The van der Waals surface area contributed by atoms with Gasteiger partial charge in [-0.2, -0.15) is 5.10 Å². The van der Waals surface area contributed by atoms with Crippen molar-refractivity contribution in [1.29, 1.82) is 0 Å². The Hall–Kier alpha value is -2.67. The third-order valence-corrected chi connectivity index (χ3v) is 4.46. The van der Waals surface area contributed by atoms with Gasteiger partial charge in [-0.25, -0.2) is 0 Å². The number of carbonyl (C=O) groups excluding carboxylic acids is 1. The quantitative estimate of drug-likeness (QED) is 0.755. The van der Waals surface area contributed by atoms with Crippen molar-refractivity contribution in [3.8, 4) is 0 Å². The van der Waals surface area contributed by atoms with Crippen LogP contribution in [0.1, 0.15) is 23.4 Å². The predicted molar refractivity (Wildman–Crippen MR) is 99.8 cm³/mol. The van der Waals surface area contributed by atoms with Crippen LogP contribution in [0.3, 0.4) is 0 Å². The molecule has 140 valence electrons. The minimum atomic E-state index is -0.973. The molecule has 2 rings (SSSR count). The van der Waals surface area contributed by atoms with E-state index < -0.39 is 11.9 Å². The summed E-state index contributed by atoms with van der Waals surface area (Å²) in [7, 11) is 3.75. The molecule has 26 heavy (non-hydrogen) atoms. The van der Waals surface area contributed by atoms with Crippen molar-refractivity contribution >= 4 is 17.6 Å². The second kappa shape index (κ2) is 8.62. The van der Waals surface area contributed by atoms with Crippen LogP contribution in [-0.4, -0.2) is 45.3 Å². The first-order chi connectivity index (χ1) is 12.3. The number of anilines is 1. The van der Waals surface area contributed by atoms with Crippen LogP contribution in [0.2, 0.25) is 0 Å². The number of hydrogen-bond acceptors (Lipinski definition) is 4. The molecular weight excluding hydrogens is 332 g/mol. The van der Waals surface area contributed by atoms with E-state index in [1.807, 2.05) is 55.7 Å². The van der Waals surface area contributed by atoms with Gasteiger partial charge in [-0.3, -0.25) is 14.3 Å². The summed E-state index contributed by atoms with van der Waals surface area (Å²) in [6.07, 6.45) is -0.0699. The van der Waals surface area contributed by atoms with Crippen LogP contribution in [0.4, 0.5) is 5.69 Å². The minimum absolute atomic E-state index is 0.0699. The highest BCUT2D eigenvalue weighted by Crippen LogP contribution is 2.16. The van der Waals surface area contributed by atoms with E-state index in [1.54, 1.807) is 12.1 Å². The predicted octanol–water partition coefficient (Wildman–Crippen LogP) is 2.20. The molecule has 1 aromatic carbocycles. The van der Waals surface area contributed by atoms with E-state index in [2.05, 4.69) is 10.4 Å². The molecule has 0 radical (unpaired) electrons. The fourth-order valence-corrected chi connectivity index (χ4v) is 2.94. The summed E-state index contributed by atoms with van der Waals surface area (Å²) in [4.78, 5) is 25.7. The van der Waals surface area contributed by atoms with Gasteiger partial charge in [-0.05, 0) is 33.0 Å². The Bertz CT molecular complexity index is 771. The molecule has 1 aromatic heterocycles. The van der Waals surface area contributed by atoms with E-state index in [1.165, 1.54) is 0 Å². The summed E-state index contributed by atoms with van der Waals surface area (Å²) < 4.78 is 1.82.